The first-order chi connectivity index (χ1) is 11.2. The molecule has 0 aliphatic carbocycles. The summed E-state index contributed by atoms with van der Waals surface area (Å²) in [5.74, 6) is 1.13. The summed E-state index contributed by atoms with van der Waals surface area (Å²) < 4.78 is 5.44. The normalized spacial score (nSPS) is 25.1. The molecule has 0 spiro atoms. The molecule has 6 heteroatoms. The predicted molar refractivity (Wildman–Crippen MR) is 93.6 cm³/mol. The van der Waals surface area contributed by atoms with Gasteiger partial charge in [0, 0.05) is 45.3 Å². The van der Waals surface area contributed by atoms with Crippen LogP contribution in [0.4, 0.5) is 17.2 Å². The number of hydrogen-bond donors (Lipinski definition) is 1. The second kappa shape index (κ2) is 6.17. The fraction of sp³-hybridized carbons (Fsp3) is 0.706. The molecule has 0 bridgehead atoms. The van der Waals surface area contributed by atoms with Crippen LogP contribution >= 0.6 is 0 Å². The van der Waals surface area contributed by atoms with Gasteiger partial charge in [-0.15, -0.1) is 0 Å². The summed E-state index contributed by atoms with van der Waals surface area (Å²) >= 11 is 0. The standard InChI is InChI=1S/C17H27N5O/c1-13(2)21-3-4-22-15(12-21)11-18-16-9-14(10-19-17(16)22)20-5-7-23-8-6-20/h9-10,13,15,18H,3-8,11-12H2,1-2H3/t15-/m1/s1. The number of anilines is 3. The lowest BCUT2D eigenvalue weighted by Gasteiger charge is -2.46. The van der Waals surface area contributed by atoms with Crippen molar-refractivity contribution in [3.63, 3.8) is 0 Å². The monoisotopic (exact) mass is 317 g/mol. The Hall–Kier alpha value is -1.53. The van der Waals surface area contributed by atoms with E-state index >= 15 is 0 Å². The summed E-state index contributed by atoms with van der Waals surface area (Å²) in [4.78, 5) is 12.2. The zero-order chi connectivity index (χ0) is 15.8. The molecule has 1 atom stereocenters. The van der Waals surface area contributed by atoms with E-state index < -0.39 is 0 Å². The molecule has 0 aromatic carbocycles. The van der Waals surface area contributed by atoms with Crippen molar-refractivity contribution < 1.29 is 4.74 Å². The molecule has 4 heterocycles. The van der Waals surface area contributed by atoms with E-state index in [1.165, 1.54) is 11.4 Å². The van der Waals surface area contributed by atoms with Crippen molar-refractivity contribution in [2.45, 2.75) is 25.9 Å². The zero-order valence-electron chi connectivity index (χ0n) is 14.2. The van der Waals surface area contributed by atoms with E-state index in [-0.39, 0.29) is 0 Å². The lowest BCUT2D eigenvalue weighted by atomic mass is 10.1. The highest BCUT2D eigenvalue weighted by atomic mass is 16.5. The number of rotatable bonds is 2. The van der Waals surface area contributed by atoms with Gasteiger partial charge in [-0.3, -0.25) is 4.90 Å². The van der Waals surface area contributed by atoms with Crippen LogP contribution in [0.15, 0.2) is 12.3 Å². The molecule has 3 aliphatic heterocycles. The number of piperazine rings is 1. The van der Waals surface area contributed by atoms with Crippen molar-refractivity contribution in [2.75, 3.05) is 67.6 Å². The minimum Gasteiger partial charge on any atom is -0.380 e. The number of nitrogens with one attached hydrogen (secondary N) is 1. The van der Waals surface area contributed by atoms with Gasteiger partial charge in [0.2, 0.25) is 0 Å². The van der Waals surface area contributed by atoms with Crippen molar-refractivity contribution in [1.29, 1.82) is 0 Å². The quantitative estimate of drug-likeness (QED) is 0.885. The van der Waals surface area contributed by atoms with E-state index in [0.29, 0.717) is 12.1 Å². The van der Waals surface area contributed by atoms with Crippen LogP contribution < -0.4 is 15.1 Å². The molecular weight excluding hydrogens is 290 g/mol. The second-order valence-corrected chi connectivity index (χ2v) is 6.98. The van der Waals surface area contributed by atoms with E-state index in [1.807, 2.05) is 6.20 Å². The summed E-state index contributed by atoms with van der Waals surface area (Å²) in [6, 6.07) is 3.41. The topological polar surface area (TPSA) is 43.9 Å². The first-order valence-corrected chi connectivity index (χ1v) is 8.79. The smallest absolute Gasteiger partial charge is 0.152 e. The lowest BCUT2D eigenvalue weighted by Crippen LogP contribution is -2.59. The van der Waals surface area contributed by atoms with Crippen LogP contribution in [0, 0.1) is 0 Å². The summed E-state index contributed by atoms with van der Waals surface area (Å²) in [6.07, 6.45) is 2.03. The van der Waals surface area contributed by atoms with Gasteiger partial charge in [0.1, 0.15) is 0 Å². The van der Waals surface area contributed by atoms with Crippen LogP contribution in [0.5, 0.6) is 0 Å². The Morgan fingerprint density at radius 1 is 1.22 bits per heavy atom. The van der Waals surface area contributed by atoms with Crippen LogP contribution in [0.1, 0.15) is 13.8 Å². The third-order valence-electron chi connectivity index (χ3n) is 5.27. The Labute approximate surface area is 138 Å². The maximum absolute atomic E-state index is 5.44. The maximum Gasteiger partial charge on any atom is 0.152 e. The van der Waals surface area contributed by atoms with Gasteiger partial charge in [0.15, 0.2) is 5.82 Å². The molecule has 6 nitrogen and oxygen atoms in total. The molecule has 2 fully saturated rings. The molecule has 126 valence electrons. The Kier molecular flexibility index (Phi) is 4.03. The van der Waals surface area contributed by atoms with Crippen LogP contribution in [0.2, 0.25) is 0 Å². The average Bonchev–Trinajstić information content (AvgIpc) is 2.61. The molecule has 0 saturated carbocycles. The Balaban J connectivity index is 1.53. The van der Waals surface area contributed by atoms with Gasteiger partial charge in [-0.2, -0.15) is 0 Å². The molecular formula is C17H27N5O. The van der Waals surface area contributed by atoms with E-state index in [1.54, 1.807) is 0 Å². The minimum atomic E-state index is 0.528. The number of morpholine rings is 1. The third kappa shape index (κ3) is 2.85. The first-order valence-electron chi connectivity index (χ1n) is 8.79. The minimum absolute atomic E-state index is 0.528. The molecule has 0 unspecified atom stereocenters. The van der Waals surface area contributed by atoms with Gasteiger partial charge >= 0.3 is 0 Å². The van der Waals surface area contributed by atoms with Gasteiger partial charge < -0.3 is 19.9 Å². The maximum atomic E-state index is 5.44. The number of nitrogens with zero attached hydrogens (tertiary/aromatic N) is 4. The van der Waals surface area contributed by atoms with Crippen molar-refractivity contribution in [1.82, 2.24) is 9.88 Å². The SMILES string of the molecule is CC(C)N1CCN2c3ncc(N4CCOCC4)cc3NC[C@@H]2C1. The molecule has 1 aromatic heterocycles. The van der Waals surface area contributed by atoms with Gasteiger partial charge in [-0.1, -0.05) is 0 Å². The number of fused-ring (bicyclic) bond motifs is 3. The van der Waals surface area contributed by atoms with Crippen LogP contribution in [0.25, 0.3) is 0 Å². The van der Waals surface area contributed by atoms with Crippen molar-refractivity contribution in [2.24, 2.45) is 0 Å². The van der Waals surface area contributed by atoms with Crippen molar-refractivity contribution >= 4 is 17.2 Å². The second-order valence-electron chi connectivity index (χ2n) is 6.98. The fourth-order valence-electron chi connectivity index (χ4n) is 3.83. The molecule has 3 aliphatic rings. The summed E-state index contributed by atoms with van der Waals surface area (Å²) in [5, 5.41) is 3.61. The van der Waals surface area contributed by atoms with Crippen molar-refractivity contribution in [3.05, 3.63) is 12.3 Å². The first kappa shape index (κ1) is 15.0. The van der Waals surface area contributed by atoms with E-state index in [2.05, 4.69) is 39.9 Å². The van der Waals surface area contributed by atoms with Crippen LogP contribution in [-0.2, 0) is 4.74 Å². The number of ether oxygens (including phenoxy) is 1. The number of hydrogen-bond acceptors (Lipinski definition) is 6. The zero-order valence-corrected chi connectivity index (χ0v) is 14.2. The Morgan fingerprint density at radius 3 is 2.83 bits per heavy atom. The number of aromatic nitrogens is 1. The predicted octanol–water partition coefficient (Wildman–Crippen LogP) is 1.24. The van der Waals surface area contributed by atoms with Gasteiger partial charge in [-0.25, -0.2) is 4.98 Å². The third-order valence-corrected chi connectivity index (χ3v) is 5.27. The molecule has 1 N–H and O–H groups in total. The number of pyridine rings is 1. The molecule has 23 heavy (non-hydrogen) atoms. The highest BCUT2D eigenvalue weighted by molar-refractivity contribution is 5.73. The van der Waals surface area contributed by atoms with Gasteiger partial charge in [0.05, 0.1) is 36.8 Å². The van der Waals surface area contributed by atoms with Crippen LogP contribution in [-0.4, -0.2) is 74.4 Å². The van der Waals surface area contributed by atoms with E-state index in [4.69, 9.17) is 9.72 Å². The molecule has 0 radical (unpaired) electrons. The summed E-state index contributed by atoms with van der Waals surface area (Å²) in [5.41, 5.74) is 2.39. The van der Waals surface area contributed by atoms with Crippen LogP contribution in [0.3, 0.4) is 0 Å². The molecule has 0 amide bonds. The molecule has 2 saturated heterocycles. The van der Waals surface area contributed by atoms with Gasteiger partial charge in [-0.05, 0) is 19.9 Å². The lowest BCUT2D eigenvalue weighted by molar-refractivity contribution is 0.122. The Bertz CT molecular complexity index is 558. The van der Waals surface area contributed by atoms with Gasteiger partial charge in [0.25, 0.3) is 0 Å². The van der Waals surface area contributed by atoms with Crippen molar-refractivity contribution in [3.8, 4) is 0 Å². The summed E-state index contributed by atoms with van der Waals surface area (Å²) in [6.45, 7) is 12.4. The van der Waals surface area contributed by atoms with E-state index in [0.717, 1.165) is 58.3 Å². The highest BCUT2D eigenvalue weighted by Crippen LogP contribution is 2.34. The highest BCUT2D eigenvalue weighted by Gasteiger charge is 2.33. The Morgan fingerprint density at radius 2 is 2.04 bits per heavy atom. The molecule has 4 rings (SSSR count). The van der Waals surface area contributed by atoms with E-state index in [9.17, 15) is 0 Å². The summed E-state index contributed by atoms with van der Waals surface area (Å²) in [7, 11) is 0. The fourth-order valence-corrected chi connectivity index (χ4v) is 3.83. The largest absolute Gasteiger partial charge is 0.380 e. The molecule has 1 aromatic rings. The average molecular weight is 317 g/mol.